The van der Waals surface area contributed by atoms with E-state index in [1.165, 1.54) is 6.33 Å². The second-order valence-corrected chi connectivity index (χ2v) is 9.58. The van der Waals surface area contributed by atoms with Crippen LogP contribution in [0.25, 0.3) is 16.6 Å². The maximum absolute atomic E-state index is 13.8. The number of likely N-dealkylation sites (tertiary alicyclic amines) is 1. The molecule has 2 saturated heterocycles. The normalized spacial score (nSPS) is 16.5. The number of urea groups is 1. The molecule has 2 fully saturated rings. The molecule has 1 aromatic carbocycles. The summed E-state index contributed by atoms with van der Waals surface area (Å²) in [4.78, 5) is 36.5. The van der Waals surface area contributed by atoms with E-state index in [4.69, 9.17) is 15.2 Å². The number of hydrogen-bond donors (Lipinski definition) is 3. The Bertz CT molecular complexity index is 1540. The first-order chi connectivity index (χ1) is 18.9. The number of carbonyl (C=O) groups excluding carboxylic acids is 2. The average Bonchev–Trinajstić information content (AvgIpc) is 3.55. The van der Waals surface area contributed by atoms with Gasteiger partial charge in [0, 0.05) is 49.1 Å². The summed E-state index contributed by atoms with van der Waals surface area (Å²) in [6.45, 7) is 4.04. The third kappa shape index (κ3) is 4.87. The molecule has 6 rings (SSSR count). The number of carbonyl (C=O) groups is 2. The summed E-state index contributed by atoms with van der Waals surface area (Å²) in [6.07, 6.45) is 4.27. The molecule has 12 heteroatoms. The molecular formula is C27H28N8O4. The van der Waals surface area contributed by atoms with Gasteiger partial charge in [-0.3, -0.25) is 10.1 Å². The first-order valence-corrected chi connectivity index (χ1v) is 12.7. The zero-order valence-corrected chi connectivity index (χ0v) is 21.4. The van der Waals surface area contributed by atoms with Gasteiger partial charge in [-0.05, 0) is 36.8 Å². The molecule has 0 aliphatic carbocycles. The average molecular weight is 529 g/mol. The number of ether oxygens (including phenoxy) is 2. The number of nitrogens with two attached hydrogens (primary N) is 1. The van der Waals surface area contributed by atoms with E-state index in [-0.39, 0.29) is 11.7 Å². The molecule has 3 aromatic heterocycles. The van der Waals surface area contributed by atoms with E-state index in [0.717, 1.165) is 11.3 Å². The Labute approximate surface area is 224 Å². The standard InChI is InChI=1S/C27H28N8O4/c1-17-3-2-4-21(31-17)33-26(37)32-19-7-5-18(6-8-19)22-20(15-35-23(22)24(28)29-16-30-35)25(36)34-11-9-27(10-12-34)38-13-14-39-27/h2-8,15-16H,9-14H2,1H3,(H2,28,29,30)(H2,31,32,33,37). The highest BCUT2D eigenvalue weighted by atomic mass is 16.7. The third-order valence-corrected chi connectivity index (χ3v) is 7.02. The molecule has 0 unspecified atom stereocenters. The molecule has 200 valence electrons. The number of hydrogen-bond acceptors (Lipinski definition) is 8. The molecule has 1 spiro atoms. The zero-order valence-electron chi connectivity index (χ0n) is 21.4. The summed E-state index contributed by atoms with van der Waals surface area (Å²) in [5.41, 5.74) is 10.00. The number of piperidine rings is 1. The van der Waals surface area contributed by atoms with Crippen LogP contribution >= 0.6 is 0 Å². The van der Waals surface area contributed by atoms with Gasteiger partial charge in [0.25, 0.3) is 5.91 Å². The number of benzene rings is 1. The Balaban J connectivity index is 1.25. The van der Waals surface area contributed by atoms with Crippen molar-refractivity contribution in [1.29, 1.82) is 0 Å². The summed E-state index contributed by atoms with van der Waals surface area (Å²) in [7, 11) is 0. The monoisotopic (exact) mass is 528 g/mol. The predicted molar refractivity (Wildman–Crippen MR) is 144 cm³/mol. The highest BCUT2D eigenvalue weighted by molar-refractivity contribution is 6.07. The number of aromatic nitrogens is 4. The Morgan fingerprint density at radius 3 is 2.49 bits per heavy atom. The largest absolute Gasteiger partial charge is 0.382 e. The van der Waals surface area contributed by atoms with Gasteiger partial charge in [0.15, 0.2) is 11.6 Å². The van der Waals surface area contributed by atoms with Gasteiger partial charge in [0.2, 0.25) is 0 Å². The first-order valence-electron chi connectivity index (χ1n) is 12.7. The Hall–Kier alpha value is -4.55. The molecule has 39 heavy (non-hydrogen) atoms. The van der Waals surface area contributed by atoms with Gasteiger partial charge in [0.05, 0.1) is 18.8 Å². The molecule has 2 aliphatic rings. The minimum atomic E-state index is -0.578. The lowest BCUT2D eigenvalue weighted by Gasteiger charge is -2.37. The minimum Gasteiger partial charge on any atom is -0.382 e. The zero-order chi connectivity index (χ0) is 27.0. The van der Waals surface area contributed by atoms with Crippen LogP contribution in [0.2, 0.25) is 0 Å². The van der Waals surface area contributed by atoms with E-state index >= 15 is 0 Å². The van der Waals surface area contributed by atoms with Crippen LogP contribution in [0.4, 0.5) is 22.1 Å². The Morgan fingerprint density at radius 2 is 1.77 bits per heavy atom. The number of anilines is 3. The van der Waals surface area contributed by atoms with E-state index in [1.54, 1.807) is 33.8 Å². The van der Waals surface area contributed by atoms with E-state index in [1.807, 2.05) is 31.2 Å². The lowest BCUT2D eigenvalue weighted by Crippen LogP contribution is -2.47. The van der Waals surface area contributed by atoms with Crippen molar-refractivity contribution in [2.75, 3.05) is 42.7 Å². The van der Waals surface area contributed by atoms with Crippen molar-refractivity contribution in [3.8, 4) is 11.1 Å². The quantitative estimate of drug-likeness (QED) is 0.365. The number of fused-ring (bicyclic) bond motifs is 1. The lowest BCUT2D eigenvalue weighted by molar-refractivity contribution is -0.181. The van der Waals surface area contributed by atoms with Gasteiger partial charge in [-0.1, -0.05) is 18.2 Å². The molecule has 0 bridgehead atoms. The molecule has 3 amide bonds. The number of pyridine rings is 1. The molecule has 5 heterocycles. The molecular weight excluding hydrogens is 500 g/mol. The van der Waals surface area contributed by atoms with Crippen molar-refractivity contribution in [2.45, 2.75) is 25.6 Å². The van der Waals surface area contributed by atoms with Crippen LogP contribution in [0, 0.1) is 6.92 Å². The van der Waals surface area contributed by atoms with Crippen LogP contribution < -0.4 is 16.4 Å². The van der Waals surface area contributed by atoms with E-state index in [2.05, 4.69) is 25.7 Å². The fourth-order valence-corrected chi connectivity index (χ4v) is 5.11. The minimum absolute atomic E-state index is 0.130. The van der Waals surface area contributed by atoms with Crippen LogP contribution in [0.15, 0.2) is 55.0 Å². The van der Waals surface area contributed by atoms with Gasteiger partial charge in [-0.15, -0.1) is 0 Å². The second-order valence-electron chi connectivity index (χ2n) is 9.58. The van der Waals surface area contributed by atoms with Crippen molar-refractivity contribution < 1.29 is 19.1 Å². The maximum Gasteiger partial charge on any atom is 0.324 e. The number of nitrogens with zero attached hydrogens (tertiary/aromatic N) is 5. The number of rotatable bonds is 4. The van der Waals surface area contributed by atoms with E-state index in [9.17, 15) is 9.59 Å². The number of nitrogen functional groups attached to an aromatic ring is 1. The fraction of sp³-hybridized carbons (Fsp3) is 0.296. The van der Waals surface area contributed by atoms with Crippen molar-refractivity contribution in [3.05, 3.63) is 66.2 Å². The third-order valence-electron chi connectivity index (χ3n) is 7.02. The molecule has 4 aromatic rings. The Morgan fingerprint density at radius 1 is 1.03 bits per heavy atom. The highest BCUT2D eigenvalue weighted by Crippen LogP contribution is 2.36. The van der Waals surface area contributed by atoms with Crippen LogP contribution in [-0.2, 0) is 9.47 Å². The Kier molecular flexibility index (Phi) is 6.33. The van der Waals surface area contributed by atoms with E-state index < -0.39 is 11.8 Å². The summed E-state index contributed by atoms with van der Waals surface area (Å²) in [6, 6.07) is 12.1. The molecule has 12 nitrogen and oxygen atoms in total. The number of aryl methyl sites for hydroxylation is 1. The van der Waals surface area contributed by atoms with Crippen molar-refractivity contribution in [2.24, 2.45) is 0 Å². The fourth-order valence-electron chi connectivity index (χ4n) is 5.11. The SMILES string of the molecule is Cc1cccc(NC(=O)Nc2ccc(-c3c(C(=O)N4CCC5(CC4)OCCO5)cn4ncnc(N)c34)cc2)n1. The molecule has 0 radical (unpaired) electrons. The van der Waals surface area contributed by atoms with Crippen LogP contribution in [0.5, 0.6) is 0 Å². The van der Waals surface area contributed by atoms with Crippen LogP contribution in [-0.4, -0.2) is 68.5 Å². The second kappa shape index (κ2) is 9.97. The number of nitrogens with one attached hydrogen (secondary N) is 2. The summed E-state index contributed by atoms with van der Waals surface area (Å²) < 4.78 is 13.2. The van der Waals surface area contributed by atoms with Crippen LogP contribution in [0.1, 0.15) is 28.9 Å². The number of amides is 3. The van der Waals surface area contributed by atoms with Crippen molar-refractivity contribution in [1.82, 2.24) is 24.5 Å². The predicted octanol–water partition coefficient (Wildman–Crippen LogP) is 3.31. The topological polar surface area (TPSA) is 149 Å². The molecule has 0 saturated carbocycles. The maximum atomic E-state index is 13.8. The molecule has 4 N–H and O–H groups in total. The van der Waals surface area contributed by atoms with E-state index in [0.29, 0.717) is 67.3 Å². The van der Waals surface area contributed by atoms with Gasteiger partial charge in [0.1, 0.15) is 17.7 Å². The highest BCUT2D eigenvalue weighted by Gasteiger charge is 2.41. The smallest absolute Gasteiger partial charge is 0.324 e. The van der Waals surface area contributed by atoms with Gasteiger partial charge < -0.3 is 25.4 Å². The van der Waals surface area contributed by atoms with Gasteiger partial charge in [-0.25, -0.2) is 19.3 Å². The van der Waals surface area contributed by atoms with Crippen LogP contribution in [0.3, 0.4) is 0 Å². The van der Waals surface area contributed by atoms with Gasteiger partial charge in [-0.2, -0.15) is 5.10 Å². The summed E-state index contributed by atoms with van der Waals surface area (Å²) >= 11 is 0. The van der Waals surface area contributed by atoms with Gasteiger partial charge >= 0.3 is 6.03 Å². The first kappa shape index (κ1) is 24.8. The summed E-state index contributed by atoms with van der Waals surface area (Å²) in [5, 5.41) is 9.80. The molecule has 0 atom stereocenters. The van der Waals surface area contributed by atoms with Crippen molar-refractivity contribution in [3.63, 3.8) is 0 Å². The van der Waals surface area contributed by atoms with Crippen molar-refractivity contribution >= 4 is 34.8 Å². The summed E-state index contributed by atoms with van der Waals surface area (Å²) in [5.74, 6) is 0.00950. The molecule has 2 aliphatic heterocycles. The lowest BCUT2D eigenvalue weighted by atomic mass is 9.99.